The van der Waals surface area contributed by atoms with Gasteiger partial charge < -0.3 is 19.2 Å². The van der Waals surface area contributed by atoms with Crippen LogP contribution in [0.5, 0.6) is 11.5 Å². The maximum Gasteiger partial charge on any atom is 0.282 e. The van der Waals surface area contributed by atoms with Gasteiger partial charge in [-0.25, -0.2) is 8.78 Å². The van der Waals surface area contributed by atoms with Gasteiger partial charge in [-0.15, -0.1) is 0 Å². The van der Waals surface area contributed by atoms with Crippen LogP contribution in [-0.2, 0) is 10.8 Å². The summed E-state index contributed by atoms with van der Waals surface area (Å²) in [4.78, 5) is 8.83. The molecule has 0 saturated carbocycles. The number of allylic oxidation sites excluding steroid dienone is 2. The molecule has 3 heterocycles. The Balaban J connectivity index is 1.27. The predicted molar refractivity (Wildman–Crippen MR) is 209 cm³/mol. The van der Waals surface area contributed by atoms with Crippen LogP contribution in [0.25, 0.3) is 0 Å². The van der Waals surface area contributed by atoms with Crippen LogP contribution in [0, 0.1) is 0 Å². The third kappa shape index (κ3) is 8.43. The van der Waals surface area contributed by atoms with Crippen LogP contribution >= 0.6 is 0 Å². The Kier molecular flexibility index (Phi) is 11.9. The molecule has 0 aliphatic carbocycles. The highest BCUT2D eigenvalue weighted by Crippen LogP contribution is 2.45. The predicted octanol–water partition coefficient (Wildman–Crippen LogP) is 7.04. The molecule has 53 heavy (non-hydrogen) atoms. The van der Waals surface area contributed by atoms with Gasteiger partial charge in [-0.05, 0) is 65.4 Å². The standard InChI is InChI=1S/C42H53F3N4O3Si/c1-7-33(47-34-25-48(26-34)20-14-19-43)24-46-31(3)40-37-23-39-38(50-29-51-39)22-32(37)21-30(2)49(40)27-42(44,45)28-52-53(41(4,5)6,35-15-10-8-11-16-35)36-17-12-9-13-18-36/h7-13,15-18,22-24,30,34,40,47H,3,14,19-21,25-29H2,1-2,4-6H3/b33-7+,46-24-/t30-,40-/m1/s1. The lowest BCUT2D eigenvalue weighted by molar-refractivity contribution is -0.0822. The summed E-state index contributed by atoms with van der Waals surface area (Å²) in [6, 6.07) is 22.9. The summed E-state index contributed by atoms with van der Waals surface area (Å²) in [6.07, 6.45) is 4.74. The van der Waals surface area contributed by atoms with Gasteiger partial charge in [-0.2, -0.15) is 0 Å². The normalized spacial score (nSPS) is 20.0. The smallest absolute Gasteiger partial charge is 0.282 e. The van der Waals surface area contributed by atoms with Gasteiger partial charge in [0.25, 0.3) is 14.2 Å². The summed E-state index contributed by atoms with van der Waals surface area (Å²) < 4.78 is 64.3. The Morgan fingerprint density at radius 3 is 2.23 bits per heavy atom. The molecule has 0 spiro atoms. The second-order valence-corrected chi connectivity index (χ2v) is 19.8. The number of halogens is 3. The van der Waals surface area contributed by atoms with Crippen LogP contribution in [0.2, 0.25) is 5.04 Å². The van der Waals surface area contributed by atoms with Crippen LogP contribution in [0.3, 0.4) is 0 Å². The average molecular weight is 747 g/mol. The number of nitrogens with zero attached hydrogens (tertiary/aromatic N) is 3. The minimum atomic E-state index is -3.22. The third-order valence-corrected chi connectivity index (χ3v) is 15.6. The molecule has 3 aliphatic heterocycles. The van der Waals surface area contributed by atoms with Crippen molar-refractivity contribution < 1.29 is 27.1 Å². The zero-order valence-electron chi connectivity index (χ0n) is 31.6. The summed E-state index contributed by atoms with van der Waals surface area (Å²) in [6.45, 7) is 15.4. The van der Waals surface area contributed by atoms with E-state index in [0.717, 1.165) is 46.8 Å². The molecule has 7 nitrogen and oxygen atoms in total. The minimum absolute atomic E-state index is 0.113. The van der Waals surface area contributed by atoms with Gasteiger partial charge in [0.15, 0.2) is 11.5 Å². The number of fused-ring (bicyclic) bond motifs is 2. The summed E-state index contributed by atoms with van der Waals surface area (Å²) in [5, 5.41) is 4.96. The van der Waals surface area contributed by atoms with Gasteiger partial charge >= 0.3 is 0 Å². The van der Waals surface area contributed by atoms with Crippen molar-refractivity contribution in [2.45, 2.75) is 76.5 Å². The lowest BCUT2D eigenvalue weighted by Crippen LogP contribution is -2.67. The minimum Gasteiger partial charge on any atom is -0.454 e. The maximum atomic E-state index is 16.7. The van der Waals surface area contributed by atoms with Gasteiger partial charge in [-0.1, -0.05) is 94.1 Å². The van der Waals surface area contributed by atoms with E-state index >= 15 is 8.78 Å². The molecule has 1 N–H and O–H groups in total. The molecule has 3 aromatic carbocycles. The lowest BCUT2D eigenvalue weighted by Gasteiger charge is -2.45. The zero-order chi connectivity index (χ0) is 37.8. The molecule has 2 atom stereocenters. The molecular weight excluding hydrogens is 694 g/mol. The Morgan fingerprint density at radius 2 is 1.64 bits per heavy atom. The van der Waals surface area contributed by atoms with Crippen LogP contribution in [0.15, 0.2) is 102 Å². The van der Waals surface area contributed by atoms with Gasteiger partial charge in [0, 0.05) is 37.6 Å². The first-order chi connectivity index (χ1) is 25.3. The fourth-order valence-electron chi connectivity index (χ4n) is 7.99. The molecule has 1 fully saturated rings. The van der Waals surface area contributed by atoms with Crippen molar-refractivity contribution in [3.63, 3.8) is 0 Å². The van der Waals surface area contributed by atoms with Crippen LogP contribution in [0.1, 0.15) is 58.2 Å². The first-order valence-corrected chi connectivity index (χ1v) is 20.5. The molecule has 0 amide bonds. The number of ether oxygens (including phenoxy) is 2. The summed E-state index contributed by atoms with van der Waals surface area (Å²) in [5.41, 5.74) is 3.08. The topological polar surface area (TPSA) is 58.6 Å². The van der Waals surface area contributed by atoms with E-state index in [1.54, 1.807) is 6.21 Å². The summed E-state index contributed by atoms with van der Waals surface area (Å²) in [5.74, 6) is -1.98. The van der Waals surface area contributed by atoms with Crippen LogP contribution in [0.4, 0.5) is 13.2 Å². The van der Waals surface area contributed by atoms with Crippen molar-refractivity contribution in [2.75, 3.05) is 46.3 Å². The highest BCUT2D eigenvalue weighted by Gasteiger charge is 2.52. The van der Waals surface area contributed by atoms with Gasteiger partial charge in [0.05, 0.1) is 37.6 Å². The van der Waals surface area contributed by atoms with Crippen LogP contribution < -0.4 is 25.2 Å². The fraction of sp³-hybridized carbons (Fsp3) is 0.452. The van der Waals surface area contributed by atoms with Crippen molar-refractivity contribution in [3.8, 4) is 11.5 Å². The largest absolute Gasteiger partial charge is 0.454 e. The zero-order valence-corrected chi connectivity index (χ0v) is 32.6. The first kappa shape index (κ1) is 38.8. The van der Waals surface area contributed by atoms with E-state index < -0.39 is 38.5 Å². The average Bonchev–Trinajstić information content (AvgIpc) is 3.57. The van der Waals surface area contributed by atoms with E-state index in [1.807, 2.05) is 97.6 Å². The Bertz CT molecular complexity index is 1740. The van der Waals surface area contributed by atoms with E-state index in [9.17, 15) is 4.39 Å². The van der Waals surface area contributed by atoms with Crippen molar-refractivity contribution >= 4 is 24.9 Å². The molecule has 1 saturated heterocycles. The fourth-order valence-corrected chi connectivity index (χ4v) is 12.6. The SMILES string of the molecule is C=C(/N=C\C(=C/C)NC1CN(CCCF)C1)[C@@H]1c2cc3c(cc2C[C@@H](C)N1CC(F)(F)CO[Si](c1ccccc1)(c1ccccc1)C(C)(C)C)OCO3. The molecule has 3 aliphatic rings. The molecule has 284 valence electrons. The molecule has 11 heteroatoms. The molecule has 0 radical (unpaired) electrons. The number of nitrogens with one attached hydrogen (secondary N) is 1. The molecule has 3 aromatic rings. The quantitative estimate of drug-likeness (QED) is 0.133. The monoisotopic (exact) mass is 746 g/mol. The number of hydrogen-bond acceptors (Lipinski definition) is 7. The first-order valence-electron chi connectivity index (χ1n) is 18.6. The molecule has 0 bridgehead atoms. The Morgan fingerprint density at radius 1 is 1.02 bits per heavy atom. The number of benzene rings is 3. The van der Waals surface area contributed by atoms with Gasteiger partial charge in [0.2, 0.25) is 6.79 Å². The second-order valence-electron chi connectivity index (χ2n) is 15.5. The second kappa shape index (κ2) is 16.2. The van der Waals surface area contributed by atoms with Crippen molar-refractivity contribution in [1.29, 1.82) is 0 Å². The van der Waals surface area contributed by atoms with E-state index in [4.69, 9.17) is 18.9 Å². The van der Waals surface area contributed by atoms with E-state index in [-0.39, 0.29) is 25.6 Å². The van der Waals surface area contributed by atoms with Crippen LogP contribution in [-0.4, -0.2) is 88.6 Å². The number of rotatable bonds is 15. The van der Waals surface area contributed by atoms with Crippen molar-refractivity contribution in [1.82, 2.24) is 15.1 Å². The summed E-state index contributed by atoms with van der Waals surface area (Å²) in [7, 11) is -3.21. The third-order valence-electron chi connectivity index (χ3n) is 10.6. The Hall–Kier alpha value is -3.90. The van der Waals surface area contributed by atoms with E-state index in [1.165, 1.54) is 0 Å². The molecule has 0 unspecified atom stereocenters. The van der Waals surface area contributed by atoms with Crippen molar-refractivity contribution in [3.05, 3.63) is 108 Å². The molecule has 0 aromatic heterocycles. The van der Waals surface area contributed by atoms with E-state index in [2.05, 4.69) is 37.6 Å². The lowest BCUT2D eigenvalue weighted by atomic mass is 9.86. The highest BCUT2D eigenvalue weighted by atomic mass is 28.4. The van der Waals surface area contributed by atoms with Crippen molar-refractivity contribution in [2.24, 2.45) is 4.99 Å². The number of alkyl halides is 3. The number of aliphatic imine (C=N–C) groups is 1. The Labute approximate surface area is 313 Å². The number of likely N-dealkylation sites (tertiary alicyclic amines) is 1. The molecule has 6 rings (SSSR count). The number of hydrogen-bond donors (Lipinski definition) is 1. The highest BCUT2D eigenvalue weighted by molar-refractivity contribution is 6.99. The van der Waals surface area contributed by atoms with Gasteiger partial charge in [-0.3, -0.25) is 19.2 Å². The van der Waals surface area contributed by atoms with Gasteiger partial charge in [0.1, 0.15) is 0 Å². The maximum absolute atomic E-state index is 16.7. The molecular formula is C42H53F3N4O3Si. The summed E-state index contributed by atoms with van der Waals surface area (Å²) >= 11 is 0. The van der Waals surface area contributed by atoms with E-state index in [0.29, 0.717) is 30.0 Å².